The van der Waals surface area contributed by atoms with E-state index in [1.54, 1.807) is 6.07 Å². The van der Waals surface area contributed by atoms with Gasteiger partial charge in [0.15, 0.2) is 11.5 Å². The van der Waals surface area contributed by atoms with E-state index in [-0.39, 0.29) is 18.6 Å². The molecule has 1 aromatic rings. The molecule has 0 fully saturated rings. The van der Waals surface area contributed by atoms with Crippen molar-refractivity contribution in [2.45, 2.75) is 19.4 Å². The summed E-state index contributed by atoms with van der Waals surface area (Å²) in [4.78, 5) is 23.3. The number of amides is 2. The monoisotopic (exact) mass is 310 g/mol. The number of hydrogen-bond acceptors (Lipinski definition) is 5. The quantitative estimate of drug-likeness (QED) is 0.669. The molecular weight excluding hydrogens is 292 g/mol. The van der Waals surface area contributed by atoms with Gasteiger partial charge in [-0.25, -0.2) is 0 Å². The van der Waals surface area contributed by atoms with Crippen molar-refractivity contribution in [2.24, 2.45) is 0 Å². The molecule has 1 aliphatic rings. The lowest BCUT2D eigenvalue weighted by molar-refractivity contribution is -0.127. The molecule has 1 aromatic carbocycles. The van der Waals surface area contributed by atoms with E-state index in [0.717, 1.165) is 5.56 Å². The lowest BCUT2D eigenvalue weighted by Crippen LogP contribution is -2.47. The molecule has 0 spiro atoms. The first-order valence-corrected chi connectivity index (χ1v) is 7.27. The molecule has 114 valence electrons. The standard InChI is InChI=1S/C14H18N2O4S/c1-9(17)16-11(14(18)15-4-5-21)6-10-2-3-12-13(7-10)20-8-19-12/h2-3,7,11,21H,4-6,8H2,1H3,(H,15,18)(H,16,17). The van der Waals surface area contributed by atoms with E-state index in [9.17, 15) is 9.59 Å². The summed E-state index contributed by atoms with van der Waals surface area (Å²) in [6.45, 7) is 2.05. The summed E-state index contributed by atoms with van der Waals surface area (Å²) in [5.74, 6) is 1.42. The maximum absolute atomic E-state index is 12.1. The van der Waals surface area contributed by atoms with Gasteiger partial charge in [-0.1, -0.05) is 6.07 Å². The van der Waals surface area contributed by atoms with Crippen LogP contribution in [0.3, 0.4) is 0 Å². The Morgan fingerprint density at radius 1 is 1.33 bits per heavy atom. The van der Waals surface area contributed by atoms with Gasteiger partial charge < -0.3 is 20.1 Å². The first-order chi connectivity index (χ1) is 10.1. The van der Waals surface area contributed by atoms with Gasteiger partial charge in [-0.15, -0.1) is 0 Å². The maximum atomic E-state index is 12.1. The number of benzene rings is 1. The van der Waals surface area contributed by atoms with Crippen molar-refractivity contribution in [2.75, 3.05) is 19.1 Å². The highest BCUT2D eigenvalue weighted by atomic mass is 32.1. The zero-order valence-electron chi connectivity index (χ0n) is 11.7. The average Bonchev–Trinajstić information content (AvgIpc) is 2.91. The maximum Gasteiger partial charge on any atom is 0.242 e. The van der Waals surface area contributed by atoms with Gasteiger partial charge in [-0.3, -0.25) is 9.59 Å². The third-order valence-electron chi connectivity index (χ3n) is 2.98. The Hall–Kier alpha value is -1.89. The predicted molar refractivity (Wildman–Crippen MR) is 80.7 cm³/mol. The van der Waals surface area contributed by atoms with Crippen molar-refractivity contribution in [3.8, 4) is 11.5 Å². The summed E-state index contributed by atoms with van der Waals surface area (Å²) >= 11 is 4.04. The molecule has 1 atom stereocenters. The molecule has 1 unspecified atom stereocenters. The summed E-state index contributed by atoms with van der Waals surface area (Å²) in [5.41, 5.74) is 0.888. The van der Waals surface area contributed by atoms with E-state index in [2.05, 4.69) is 23.3 Å². The van der Waals surface area contributed by atoms with Gasteiger partial charge in [-0.2, -0.15) is 12.6 Å². The molecule has 0 aliphatic carbocycles. The van der Waals surface area contributed by atoms with Crippen molar-refractivity contribution in [1.82, 2.24) is 10.6 Å². The van der Waals surface area contributed by atoms with Gasteiger partial charge in [0, 0.05) is 25.6 Å². The molecular formula is C14H18N2O4S. The van der Waals surface area contributed by atoms with Crippen LogP contribution in [0.25, 0.3) is 0 Å². The lowest BCUT2D eigenvalue weighted by Gasteiger charge is -2.17. The van der Waals surface area contributed by atoms with Gasteiger partial charge in [0.2, 0.25) is 18.6 Å². The van der Waals surface area contributed by atoms with Crippen LogP contribution in [0, 0.1) is 0 Å². The largest absolute Gasteiger partial charge is 0.454 e. The van der Waals surface area contributed by atoms with E-state index >= 15 is 0 Å². The molecule has 21 heavy (non-hydrogen) atoms. The Morgan fingerprint density at radius 2 is 2.10 bits per heavy atom. The summed E-state index contributed by atoms with van der Waals surface area (Å²) in [7, 11) is 0. The molecule has 0 saturated carbocycles. The minimum absolute atomic E-state index is 0.205. The Balaban J connectivity index is 2.06. The number of ether oxygens (including phenoxy) is 2. The minimum Gasteiger partial charge on any atom is -0.454 e. The third-order valence-corrected chi connectivity index (χ3v) is 3.21. The first kappa shape index (κ1) is 15.5. The van der Waals surface area contributed by atoms with Gasteiger partial charge in [0.1, 0.15) is 6.04 Å². The zero-order valence-corrected chi connectivity index (χ0v) is 12.6. The van der Waals surface area contributed by atoms with Gasteiger partial charge in [0.05, 0.1) is 0 Å². The molecule has 6 nitrogen and oxygen atoms in total. The Labute approximate surface area is 128 Å². The average molecular weight is 310 g/mol. The number of rotatable bonds is 6. The molecule has 2 rings (SSSR count). The lowest BCUT2D eigenvalue weighted by atomic mass is 10.0. The Kier molecular flexibility index (Phi) is 5.32. The summed E-state index contributed by atoms with van der Waals surface area (Å²) in [6.07, 6.45) is 0.384. The van der Waals surface area contributed by atoms with Crippen LogP contribution in [0.1, 0.15) is 12.5 Å². The fraction of sp³-hybridized carbons (Fsp3) is 0.429. The van der Waals surface area contributed by atoms with Crippen LogP contribution in [0.15, 0.2) is 18.2 Å². The minimum atomic E-state index is -0.622. The van der Waals surface area contributed by atoms with Gasteiger partial charge >= 0.3 is 0 Å². The van der Waals surface area contributed by atoms with Crippen molar-refractivity contribution >= 4 is 24.4 Å². The molecule has 2 N–H and O–H groups in total. The second-order valence-corrected chi connectivity index (χ2v) is 5.11. The van der Waals surface area contributed by atoms with Crippen molar-refractivity contribution in [1.29, 1.82) is 0 Å². The van der Waals surface area contributed by atoms with Gasteiger partial charge in [0.25, 0.3) is 0 Å². The first-order valence-electron chi connectivity index (χ1n) is 6.64. The smallest absolute Gasteiger partial charge is 0.242 e. The molecule has 7 heteroatoms. The van der Waals surface area contributed by atoms with Crippen molar-refractivity contribution < 1.29 is 19.1 Å². The fourth-order valence-electron chi connectivity index (χ4n) is 2.06. The van der Waals surface area contributed by atoms with E-state index in [0.29, 0.717) is 30.2 Å². The number of carbonyl (C=O) groups is 2. The summed E-state index contributed by atoms with van der Waals surface area (Å²) < 4.78 is 10.6. The number of carbonyl (C=O) groups excluding carboxylic acids is 2. The second kappa shape index (κ2) is 7.21. The number of nitrogens with one attached hydrogen (secondary N) is 2. The molecule has 0 saturated heterocycles. The highest BCUT2D eigenvalue weighted by Gasteiger charge is 2.21. The topological polar surface area (TPSA) is 76.7 Å². The van der Waals surface area contributed by atoms with E-state index in [1.165, 1.54) is 6.92 Å². The van der Waals surface area contributed by atoms with Crippen LogP contribution in [0.5, 0.6) is 11.5 Å². The van der Waals surface area contributed by atoms with E-state index in [4.69, 9.17) is 9.47 Å². The number of thiol groups is 1. The summed E-state index contributed by atoms with van der Waals surface area (Å²) in [5, 5.41) is 5.38. The second-order valence-electron chi connectivity index (χ2n) is 4.66. The highest BCUT2D eigenvalue weighted by molar-refractivity contribution is 7.80. The zero-order chi connectivity index (χ0) is 15.2. The summed E-state index contributed by atoms with van der Waals surface area (Å²) in [6, 6.07) is 4.86. The molecule has 2 amide bonds. The highest BCUT2D eigenvalue weighted by Crippen LogP contribution is 2.32. The van der Waals surface area contributed by atoms with Crippen LogP contribution in [0.2, 0.25) is 0 Å². The number of fused-ring (bicyclic) bond motifs is 1. The van der Waals surface area contributed by atoms with Crippen LogP contribution in [0.4, 0.5) is 0 Å². The van der Waals surface area contributed by atoms with Gasteiger partial charge in [-0.05, 0) is 17.7 Å². The number of hydrogen-bond donors (Lipinski definition) is 3. The van der Waals surface area contributed by atoms with Crippen LogP contribution in [-0.4, -0.2) is 36.9 Å². The van der Waals surface area contributed by atoms with E-state index < -0.39 is 6.04 Å². The SMILES string of the molecule is CC(=O)NC(Cc1ccc2c(c1)OCO2)C(=O)NCCS. The molecule has 0 radical (unpaired) electrons. The van der Waals surface area contributed by atoms with Crippen molar-refractivity contribution in [3.63, 3.8) is 0 Å². The third kappa shape index (κ3) is 4.29. The molecule has 1 heterocycles. The Bertz CT molecular complexity index is 536. The van der Waals surface area contributed by atoms with Crippen LogP contribution >= 0.6 is 12.6 Å². The van der Waals surface area contributed by atoms with Crippen LogP contribution < -0.4 is 20.1 Å². The molecule has 0 bridgehead atoms. The molecule has 0 aromatic heterocycles. The fourth-order valence-corrected chi connectivity index (χ4v) is 2.17. The predicted octanol–water partition coefficient (Wildman–Crippen LogP) is 0.508. The van der Waals surface area contributed by atoms with Crippen LogP contribution in [-0.2, 0) is 16.0 Å². The Morgan fingerprint density at radius 3 is 2.81 bits per heavy atom. The van der Waals surface area contributed by atoms with Crippen molar-refractivity contribution in [3.05, 3.63) is 23.8 Å². The molecule has 1 aliphatic heterocycles. The normalized spacial score (nSPS) is 13.6. The van der Waals surface area contributed by atoms with E-state index in [1.807, 2.05) is 12.1 Å².